The van der Waals surface area contributed by atoms with Crippen LogP contribution in [-0.4, -0.2) is 41.4 Å². The van der Waals surface area contributed by atoms with Crippen LogP contribution in [0, 0.1) is 11.7 Å². The van der Waals surface area contributed by atoms with Crippen LogP contribution in [0.2, 0.25) is 0 Å². The summed E-state index contributed by atoms with van der Waals surface area (Å²) in [7, 11) is 1.84. The number of hydrogen-bond donors (Lipinski definition) is 2. The van der Waals surface area contributed by atoms with Gasteiger partial charge in [-0.3, -0.25) is 14.3 Å². The average Bonchev–Trinajstić information content (AvgIpc) is 3.30. The van der Waals surface area contributed by atoms with Crippen LogP contribution in [0.1, 0.15) is 36.4 Å². The Bertz CT molecular complexity index is 821. The van der Waals surface area contributed by atoms with E-state index in [-0.39, 0.29) is 36.6 Å². The van der Waals surface area contributed by atoms with Gasteiger partial charge in [-0.2, -0.15) is 5.10 Å². The molecule has 0 spiro atoms. The minimum atomic E-state index is -0.581. The fraction of sp³-hybridized carbons (Fsp3) is 0.450. The third-order valence-corrected chi connectivity index (χ3v) is 4.97. The minimum absolute atomic E-state index is 0.00478. The Balaban J connectivity index is 1.75. The Morgan fingerprint density at radius 1 is 1.36 bits per heavy atom. The first-order chi connectivity index (χ1) is 13.5. The van der Waals surface area contributed by atoms with E-state index in [0.717, 1.165) is 5.56 Å². The van der Waals surface area contributed by atoms with Gasteiger partial charge in [0.1, 0.15) is 5.82 Å². The normalized spacial score (nSPS) is 20.0. The number of nitrogens with zero attached hydrogens (tertiary/aromatic N) is 2. The number of ether oxygens (including phenoxy) is 1. The number of halogens is 1. The molecule has 0 aliphatic carbocycles. The van der Waals surface area contributed by atoms with E-state index in [0.29, 0.717) is 18.7 Å². The number of hydrogen-bond acceptors (Lipinski definition) is 5. The zero-order valence-electron chi connectivity index (χ0n) is 16.0. The lowest BCUT2D eigenvalue weighted by molar-refractivity contribution is -0.143. The molecule has 2 N–H and O–H groups in total. The van der Waals surface area contributed by atoms with Crippen LogP contribution in [0.15, 0.2) is 36.7 Å². The molecule has 2 aromatic rings. The van der Waals surface area contributed by atoms with Gasteiger partial charge in [-0.15, -0.1) is 0 Å². The molecule has 28 heavy (non-hydrogen) atoms. The van der Waals surface area contributed by atoms with Gasteiger partial charge in [0.15, 0.2) is 0 Å². The summed E-state index contributed by atoms with van der Waals surface area (Å²) in [5.74, 6) is -1.22. The Morgan fingerprint density at radius 2 is 2.11 bits per heavy atom. The van der Waals surface area contributed by atoms with Gasteiger partial charge in [-0.1, -0.05) is 12.1 Å². The monoisotopic (exact) mass is 388 g/mol. The fourth-order valence-electron chi connectivity index (χ4n) is 3.55. The van der Waals surface area contributed by atoms with E-state index in [9.17, 15) is 14.0 Å². The van der Waals surface area contributed by atoms with Crippen molar-refractivity contribution in [3.63, 3.8) is 0 Å². The van der Waals surface area contributed by atoms with Gasteiger partial charge in [-0.05, 0) is 30.2 Å². The van der Waals surface area contributed by atoms with Gasteiger partial charge >= 0.3 is 5.97 Å². The summed E-state index contributed by atoms with van der Waals surface area (Å²) in [6.45, 7) is 3.22. The molecular formula is C20H25FN4O3. The van der Waals surface area contributed by atoms with Crippen molar-refractivity contribution in [3.05, 3.63) is 53.6 Å². The van der Waals surface area contributed by atoms with Crippen LogP contribution < -0.4 is 10.6 Å². The second kappa shape index (κ2) is 8.97. The number of esters is 1. The van der Waals surface area contributed by atoms with Crippen LogP contribution in [-0.2, 0) is 21.4 Å². The van der Waals surface area contributed by atoms with Crippen molar-refractivity contribution >= 4 is 11.9 Å². The maximum absolute atomic E-state index is 13.3. The lowest BCUT2D eigenvalue weighted by atomic mass is 9.89. The van der Waals surface area contributed by atoms with Crippen molar-refractivity contribution in [1.29, 1.82) is 0 Å². The van der Waals surface area contributed by atoms with E-state index in [2.05, 4.69) is 15.7 Å². The molecule has 1 aliphatic heterocycles. The lowest BCUT2D eigenvalue weighted by Crippen LogP contribution is -2.38. The number of nitrogens with one attached hydrogen (secondary N) is 2. The number of amides is 1. The van der Waals surface area contributed by atoms with Crippen molar-refractivity contribution in [2.24, 2.45) is 13.0 Å². The van der Waals surface area contributed by atoms with Crippen LogP contribution >= 0.6 is 0 Å². The summed E-state index contributed by atoms with van der Waals surface area (Å²) in [6.07, 6.45) is 3.67. The third kappa shape index (κ3) is 4.75. The Labute approximate surface area is 163 Å². The summed E-state index contributed by atoms with van der Waals surface area (Å²) in [4.78, 5) is 25.0. The highest BCUT2D eigenvalue weighted by Crippen LogP contribution is 2.29. The van der Waals surface area contributed by atoms with E-state index in [4.69, 9.17) is 4.74 Å². The van der Waals surface area contributed by atoms with E-state index in [1.807, 2.05) is 13.2 Å². The quantitative estimate of drug-likeness (QED) is 0.705. The second-order valence-electron chi connectivity index (χ2n) is 6.94. The molecule has 1 saturated heterocycles. The Hall–Kier alpha value is -2.74. The van der Waals surface area contributed by atoms with Crippen LogP contribution in [0.3, 0.4) is 0 Å². The number of aromatic nitrogens is 2. The number of carbonyl (C=O) groups excluding carboxylic acids is 2. The SMILES string of the molecule is CCOC(=O)CC(NC(=O)[C@H]1CNC[C@@H]1c1cnn(C)c1)c1ccc(F)cc1. The average molecular weight is 388 g/mol. The van der Waals surface area contributed by atoms with Gasteiger partial charge in [0.05, 0.1) is 31.2 Å². The highest BCUT2D eigenvalue weighted by molar-refractivity contribution is 5.82. The molecule has 1 unspecified atom stereocenters. The molecule has 1 amide bonds. The van der Waals surface area contributed by atoms with E-state index < -0.39 is 12.0 Å². The largest absolute Gasteiger partial charge is 0.466 e. The maximum atomic E-state index is 13.3. The molecule has 1 aliphatic rings. The van der Waals surface area contributed by atoms with Gasteiger partial charge in [-0.25, -0.2) is 4.39 Å². The second-order valence-corrected chi connectivity index (χ2v) is 6.94. The first kappa shape index (κ1) is 20.0. The molecule has 150 valence electrons. The molecule has 8 heteroatoms. The molecule has 1 aromatic carbocycles. The molecule has 2 heterocycles. The zero-order valence-corrected chi connectivity index (χ0v) is 16.0. The van der Waals surface area contributed by atoms with Crippen molar-refractivity contribution < 1.29 is 18.7 Å². The Morgan fingerprint density at radius 3 is 2.75 bits per heavy atom. The van der Waals surface area contributed by atoms with Crippen LogP contribution in [0.25, 0.3) is 0 Å². The molecule has 0 saturated carbocycles. The lowest BCUT2D eigenvalue weighted by Gasteiger charge is -2.23. The van der Waals surface area contributed by atoms with E-state index >= 15 is 0 Å². The number of carbonyl (C=O) groups is 2. The minimum Gasteiger partial charge on any atom is -0.466 e. The van der Waals surface area contributed by atoms with Crippen molar-refractivity contribution in [2.45, 2.75) is 25.3 Å². The van der Waals surface area contributed by atoms with Crippen molar-refractivity contribution in [1.82, 2.24) is 20.4 Å². The van der Waals surface area contributed by atoms with Gasteiger partial charge in [0, 0.05) is 32.3 Å². The molecule has 3 atom stereocenters. The van der Waals surface area contributed by atoms with Gasteiger partial charge in [0.25, 0.3) is 0 Å². The zero-order chi connectivity index (χ0) is 20.1. The predicted molar refractivity (Wildman–Crippen MR) is 101 cm³/mol. The first-order valence-corrected chi connectivity index (χ1v) is 9.38. The maximum Gasteiger partial charge on any atom is 0.308 e. The van der Waals surface area contributed by atoms with E-state index in [1.54, 1.807) is 29.9 Å². The summed E-state index contributed by atoms with van der Waals surface area (Å²) in [6, 6.07) is 5.20. The topological polar surface area (TPSA) is 85.2 Å². The van der Waals surface area contributed by atoms with Crippen LogP contribution in [0.4, 0.5) is 4.39 Å². The first-order valence-electron chi connectivity index (χ1n) is 9.38. The molecule has 7 nitrogen and oxygen atoms in total. The molecule has 3 rings (SSSR count). The standard InChI is InChI=1S/C20H25FN4O3/c1-3-28-19(26)8-18(13-4-6-15(21)7-5-13)24-20(27)17-11-22-10-16(17)14-9-23-25(2)12-14/h4-7,9,12,16-18,22H,3,8,10-11H2,1-2H3,(H,24,27)/t16-,17+,18?/m1/s1. The fourth-order valence-corrected chi connectivity index (χ4v) is 3.55. The Kier molecular flexibility index (Phi) is 6.41. The van der Waals surface area contributed by atoms with Crippen LogP contribution in [0.5, 0.6) is 0 Å². The summed E-state index contributed by atoms with van der Waals surface area (Å²) in [5.41, 5.74) is 1.66. The van der Waals surface area contributed by atoms with Gasteiger partial charge in [0.2, 0.25) is 5.91 Å². The summed E-state index contributed by atoms with van der Waals surface area (Å²) < 4.78 is 20.0. The third-order valence-electron chi connectivity index (χ3n) is 4.97. The molecule has 0 bridgehead atoms. The van der Waals surface area contributed by atoms with E-state index in [1.165, 1.54) is 12.1 Å². The smallest absolute Gasteiger partial charge is 0.308 e. The highest BCUT2D eigenvalue weighted by Gasteiger charge is 2.36. The summed E-state index contributed by atoms with van der Waals surface area (Å²) in [5, 5.41) is 10.4. The molecular weight excluding hydrogens is 363 g/mol. The van der Waals surface area contributed by atoms with Crippen molar-refractivity contribution in [3.8, 4) is 0 Å². The molecule has 0 radical (unpaired) electrons. The number of aryl methyl sites for hydroxylation is 1. The van der Waals surface area contributed by atoms with Gasteiger partial charge < -0.3 is 15.4 Å². The molecule has 1 aromatic heterocycles. The predicted octanol–water partition coefficient (Wildman–Crippen LogP) is 1.67. The van der Waals surface area contributed by atoms with Crippen molar-refractivity contribution in [2.75, 3.05) is 19.7 Å². The number of rotatable bonds is 7. The highest BCUT2D eigenvalue weighted by atomic mass is 19.1. The molecule has 1 fully saturated rings. The summed E-state index contributed by atoms with van der Waals surface area (Å²) >= 11 is 0. The number of benzene rings is 1.